The Morgan fingerprint density at radius 2 is 1.50 bits per heavy atom. The number of fused-ring (bicyclic) bond motifs is 1. The zero-order valence-electron chi connectivity index (χ0n) is 21.9. The van der Waals surface area contributed by atoms with Crippen molar-refractivity contribution in [2.45, 2.75) is 38.1 Å². The molecule has 6 aliphatic rings. The van der Waals surface area contributed by atoms with Gasteiger partial charge in [-0.2, -0.15) is 0 Å². The summed E-state index contributed by atoms with van der Waals surface area (Å²) in [6.45, 7) is 5.47. The molecule has 8 heteroatoms. The fourth-order valence-electron chi connectivity index (χ4n) is 8.39. The van der Waals surface area contributed by atoms with Gasteiger partial charge in [-0.25, -0.2) is 4.79 Å². The van der Waals surface area contributed by atoms with Crippen LogP contribution in [0.3, 0.4) is 0 Å². The second kappa shape index (κ2) is 9.19. The molecule has 200 valence electrons. The lowest BCUT2D eigenvalue weighted by Crippen LogP contribution is -2.63. The van der Waals surface area contributed by atoms with E-state index in [0.29, 0.717) is 24.3 Å². The van der Waals surface area contributed by atoms with Crippen molar-refractivity contribution in [2.24, 2.45) is 28.9 Å². The van der Waals surface area contributed by atoms with Gasteiger partial charge in [0, 0.05) is 62.1 Å². The number of nitrogens with zero attached hydrogens (tertiary/aromatic N) is 3. The minimum absolute atomic E-state index is 0.0169. The Bertz CT molecular complexity index is 1210. The predicted molar refractivity (Wildman–Crippen MR) is 150 cm³/mol. The number of piperazine rings is 1. The third-order valence-electron chi connectivity index (χ3n) is 9.99. The average molecular weight is 515 g/mol. The Morgan fingerprint density at radius 3 is 2.18 bits per heavy atom. The number of anilines is 4. The molecule has 3 amide bonds. The van der Waals surface area contributed by atoms with Gasteiger partial charge >= 0.3 is 6.03 Å². The highest BCUT2D eigenvalue weighted by Gasteiger charge is 2.58. The van der Waals surface area contributed by atoms with Crippen LogP contribution in [0.1, 0.15) is 32.1 Å². The van der Waals surface area contributed by atoms with Gasteiger partial charge in [-0.05, 0) is 86.3 Å². The van der Waals surface area contributed by atoms with Crippen LogP contribution in [-0.2, 0) is 4.79 Å². The van der Waals surface area contributed by atoms with Crippen molar-refractivity contribution in [1.29, 1.82) is 0 Å². The fraction of sp³-hybridized carbons (Fsp3) is 0.533. The number of primary amides is 1. The minimum Gasteiger partial charge on any atom is -0.369 e. The Labute approximate surface area is 224 Å². The molecule has 4 bridgehead atoms. The van der Waals surface area contributed by atoms with Crippen LogP contribution in [0.15, 0.2) is 48.5 Å². The van der Waals surface area contributed by atoms with Crippen molar-refractivity contribution in [3.63, 3.8) is 0 Å². The molecule has 2 aliphatic heterocycles. The van der Waals surface area contributed by atoms with Crippen LogP contribution in [0, 0.1) is 23.2 Å². The molecule has 5 atom stereocenters. The number of carbonyl (C=O) groups is 2. The standard InChI is InChI=1S/C30H38N6O2/c31-28(37)30-17-20-15-21(18-30)27(22(16-20)19-30)33-29(38)36-14-13-35(25-3-1-2-4-26(25)36)24-7-5-23(6-8-24)34-11-9-32-10-12-34/h1-8,20-22,27,32H,9-19H2,(H2,31,37)(H,33,38)/t20?,21-,22+,27?,30?. The smallest absolute Gasteiger partial charge is 0.322 e. The molecule has 38 heavy (non-hydrogen) atoms. The molecule has 2 heterocycles. The third kappa shape index (κ3) is 3.92. The lowest BCUT2D eigenvalue weighted by atomic mass is 9.47. The number of urea groups is 1. The van der Waals surface area contributed by atoms with E-state index in [-0.39, 0.29) is 23.4 Å². The van der Waals surface area contributed by atoms with Gasteiger partial charge in [0.05, 0.1) is 11.4 Å². The second-order valence-electron chi connectivity index (χ2n) is 12.1. The topological polar surface area (TPSA) is 93.9 Å². The summed E-state index contributed by atoms with van der Waals surface area (Å²) in [5.41, 5.74) is 9.94. The van der Waals surface area contributed by atoms with Crippen LogP contribution in [0.4, 0.5) is 27.5 Å². The molecule has 8 nitrogen and oxygen atoms in total. The van der Waals surface area contributed by atoms with Crippen LogP contribution in [0.2, 0.25) is 0 Å². The zero-order valence-corrected chi connectivity index (χ0v) is 21.9. The van der Waals surface area contributed by atoms with E-state index in [1.165, 1.54) is 5.69 Å². The molecule has 1 saturated heterocycles. The maximum absolute atomic E-state index is 13.7. The van der Waals surface area contributed by atoms with Crippen molar-refractivity contribution in [1.82, 2.24) is 10.6 Å². The summed E-state index contributed by atoms with van der Waals surface area (Å²) >= 11 is 0. The van der Waals surface area contributed by atoms with Gasteiger partial charge in [-0.1, -0.05) is 12.1 Å². The molecule has 2 aromatic carbocycles. The van der Waals surface area contributed by atoms with Crippen LogP contribution >= 0.6 is 0 Å². The molecule has 0 spiro atoms. The Balaban J connectivity index is 1.08. The minimum atomic E-state index is -0.337. The molecule has 4 N–H and O–H groups in total. The van der Waals surface area contributed by atoms with Crippen molar-refractivity contribution >= 4 is 34.7 Å². The number of rotatable bonds is 4. The number of hydrogen-bond acceptors (Lipinski definition) is 5. The Morgan fingerprint density at radius 1 is 0.842 bits per heavy atom. The quantitative estimate of drug-likeness (QED) is 0.581. The largest absolute Gasteiger partial charge is 0.369 e. The van der Waals surface area contributed by atoms with Gasteiger partial charge in [0.25, 0.3) is 0 Å². The van der Waals surface area contributed by atoms with Gasteiger partial charge in [0.1, 0.15) is 0 Å². The summed E-state index contributed by atoms with van der Waals surface area (Å²) in [5, 5.41) is 6.85. The van der Waals surface area contributed by atoms with E-state index in [1.54, 1.807) is 0 Å². The van der Waals surface area contributed by atoms with E-state index in [2.05, 4.69) is 56.8 Å². The number of benzene rings is 2. The molecule has 4 saturated carbocycles. The first kappa shape index (κ1) is 23.8. The highest BCUT2D eigenvalue weighted by molar-refractivity contribution is 5.98. The van der Waals surface area contributed by atoms with E-state index in [0.717, 1.165) is 81.9 Å². The first-order chi connectivity index (χ1) is 18.5. The first-order valence-corrected chi connectivity index (χ1v) is 14.3. The fourth-order valence-corrected chi connectivity index (χ4v) is 8.39. The van der Waals surface area contributed by atoms with Crippen molar-refractivity contribution in [2.75, 3.05) is 54.0 Å². The summed E-state index contributed by atoms with van der Waals surface area (Å²) in [4.78, 5) is 32.7. The highest BCUT2D eigenvalue weighted by Crippen LogP contribution is 2.60. The van der Waals surface area contributed by atoms with Crippen molar-refractivity contribution < 1.29 is 9.59 Å². The average Bonchev–Trinajstić information content (AvgIpc) is 2.94. The van der Waals surface area contributed by atoms with E-state index in [9.17, 15) is 9.59 Å². The number of hydrogen-bond donors (Lipinski definition) is 3. The Kier molecular flexibility index (Phi) is 5.76. The monoisotopic (exact) mass is 514 g/mol. The van der Waals surface area contributed by atoms with Crippen molar-refractivity contribution in [3.05, 3.63) is 48.5 Å². The van der Waals surface area contributed by atoms with Gasteiger partial charge < -0.3 is 26.2 Å². The lowest BCUT2D eigenvalue weighted by Gasteiger charge is -2.59. The summed E-state index contributed by atoms with van der Waals surface area (Å²) < 4.78 is 0. The van der Waals surface area contributed by atoms with Crippen LogP contribution in [0.25, 0.3) is 0 Å². The summed E-state index contributed by atoms with van der Waals surface area (Å²) in [7, 11) is 0. The molecule has 2 aromatic rings. The zero-order chi connectivity index (χ0) is 25.9. The van der Waals surface area contributed by atoms with E-state index < -0.39 is 0 Å². The van der Waals surface area contributed by atoms with E-state index in [1.807, 2.05) is 17.0 Å². The first-order valence-electron chi connectivity index (χ1n) is 14.3. The summed E-state index contributed by atoms with van der Waals surface area (Å²) in [5.74, 6) is 1.15. The number of nitrogens with two attached hydrogens (primary N) is 1. The summed E-state index contributed by atoms with van der Waals surface area (Å²) in [6, 6.07) is 17.2. The number of carbonyl (C=O) groups excluding carboxylic acids is 2. The maximum Gasteiger partial charge on any atom is 0.322 e. The normalized spacial score (nSPS) is 31.7. The molecule has 4 aliphatic carbocycles. The van der Waals surface area contributed by atoms with E-state index >= 15 is 0 Å². The molecular formula is C30H38N6O2. The van der Waals surface area contributed by atoms with Gasteiger partial charge in [-0.15, -0.1) is 0 Å². The number of amides is 3. The molecule has 5 fully saturated rings. The van der Waals surface area contributed by atoms with E-state index in [4.69, 9.17) is 5.73 Å². The third-order valence-corrected chi connectivity index (χ3v) is 9.99. The highest BCUT2D eigenvalue weighted by atomic mass is 16.2. The second-order valence-corrected chi connectivity index (χ2v) is 12.1. The van der Waals surface area contributed by atoms with Crippen LogP contribution in [0.5, 0.6) is 0 Å². The molecule has 3 unspecified atom stereocenters. The molecule has 8 rings (SSSR count). The summed E-state index contributed by atoms with van der Waals surface area (Å²) in [6.07, 6.45) is 4.81. The van der Waals surface area contributed by atoms with Crippen LogP contribution in [-0.4, -0.2) is 57.2 Å². The maximum atomic E-state index is 13.7. The van der Waals surface area contributed by atoms with Gasteiger partial charge in [-0.3, -0.25) is 9.69 Å². The number of para-hydroxylation sites is 2. The lowest BCUT2D eigenvalue weighted by molar-refractivity contribution is -0.145. The van der Waals surface area contributed by atoms with Gasteiger partial charge in [0.2, 0.25) is 5.91 Å². The Hall–Kier alpha value is -3.26. The van der Waals surface area contributed by atoms with Crippen molar-refractivity contribution in [3.8, 4) is 0 Å². The predicted octanol–water partition coefficient (Wildman–Crippen LogP) is 3.44. The molecular weight excluding hydrogens is 476 g/mol. The number of nitrogens with one attached hydrogen (secondary N) is 2. The SMILES string of the molecule is NC(=O)C12CC3C[C@H](C1)C(NC(=O)N1CCN(c4ccc(N5CCNCC5)cc4)c4ccccc41)[C@@H](C3)C2. The van der Waals surface area contributed by atoms with Gasteiger partial charge in [0.15, 0.2) is 0 Å². The van der Waals surface area contributed by atoms with Crippen LogP contribution < -0.4 is 31.1 Å². The molecule has 0 aromatic heterocycles. The molecule has 0 radical (unpaired) electrons.